The van der Waals surface area contributed by atoms with Crippen LogP contribution >= 0.6 is 0 Å². The van der Waals surface area contributed by atoms with E-state index < -0.39 is 12.1 Å². The third-order valence-corrected chi connectivity index (χ3v) is 4.35. The van der Waals surface area contributed by atoms with Crippen LogP contribution in [0.25, 0.3) is 0 Å². The van der Waals surface area contributed by atoms with Crippen molar-refractivity contribution >= 4 is 6.29 Å². The molecule has 0 saturated carbocycles. The van der Waals surface area contributed by atoms with Crippen LogP contribution in [-0.4, -0.2) is 28.5 Å². The van der Waals surface area contributed by atoms with Gasteiger partial charge in [-0.3, -0.25) is 14.9 Å². The number of aliphatic hydroxyl groups is 1. The number of nitro groups is 1. The van der Waals surface area contributed by atoms with E-state index in [9.17, 15) is 20.0 Å². The molecule has 0 heterocycles. The maximum Gasteiger partial charge on any atom is 0.238 e. The fourth-order valence-electron chi connectivity index (χ4n) is 2.85. The number of nitrogens with zero attached hydrogens (tertiary/aromatic N) is 1. The quantitative estimate of drug-likeness (QED) is 0.241. The average Bonchev–Trinajstić information content (AvgIpc) is 2.53. The van der Waals surface area contributed by atoms with Crippen LogP contribution in [0.5, 0.6) is 0 Å². The number of hydrogen-bond acceptors (Lipinski definition) is 4. The molecule has 5 heteroatoms. The SMILES string of the molecule is CCCCCCC(O)C(CCCCCCCCC[C]=O)[N+](=O)[O-]. The Kier molecular flexibility index (Phi) is 15.2. The van der Waals surface area contributed by atoms with Crippen molar-refractivity contribution < 1.29 is 14.8 Å². The highest BCUT2D eigenvalue weighted by Gasteiger charge is 2.28. The van der Waals surface area contributed by atoms with E-state index >= 15 is 0 Å². The number of unbranched alkanes of at least 4 members (excludes halogenated alkanes) is 10. The summed E-state index contributed by atoms with van der Waals surface area (Å²) in [6.45, 7) is 2.12. The smallest absolute Gasteiger partial charge is 0.238 e. The summed E-state index contributed by atoms with van der Waals surface area (Å²) in [5.74, 6) is 0. The number of carbonyl (C=O) groups excluding carboxylic acids is 1. The molecule has 0 aromatic heterocycles. The van der Waals surface area contributed by atoms with Crippen molar-refractivity contribution in [3.63, 3.8) is 0 Å². The van der Waals surface area contributed by atoms with Crippen molar-refractivity contribution in [3.8, 4) is 0 Å². The molecule has 5 nitrogen and oxygen atoms in total. The molecule has 0 aromatic carbocycles. The molecule has 2 atom stereocenters. The molecule has 0 amide bonds. The molecule has 135 valence electrons. The Hall–Kier alpha value is -0.970. The van der Waals surface area contributed by atoms with Crippen LogP contribution in [0.3, 0.4) is 0 Å². The minimum atomic E-state index is -0.806. The van der Waals surface area contributed by atoms with Crippen LogP contribution in [0.15, 0.2) is 0 Å². The Morgan fingerprint density at radius 1 is 0.913 bits per heavy atom. The topological polar surface area (TPSA) is 80.4 Å². The van der Waals surface area contributed by atoms with Crippen LogP contribution in [-0.2, 0) is 4.79 Å². The summed E-state index contributed by atoms with van der Waals surface area (Å²) >= 11 is 0. The Morgan fingerprint density at radius 2 is 1.43 bits per heavy atom. The molecule has 0 aliphatic carbocycles. The van der Waals surface area contributed by atoms with Crippen LogP contribution in [0.2, 0.25) is 0 Å². The monoisotopic (exact) mass is 328 g/mol. The second-order valence-electron chi connectivity index (χ2n) is 6.43. The molecule has 0 bridgehead atoms. The number of aliphatic hydroxyl groups excluding tert-OH is 1. The predicted molar refractivity (Wildman–Crippen MR) is 92.8 cm³/mol. The summed E-state index contributed by atoms with van der Waals surface area (Å²) < 4.78 is 0. The van der Waals surface area contributed by atoms with Gasteiger partial charge in [-0.15, -0.1) is 0 Å². The minimum Gasteiger partial charge on any atom is -0.386 e. The van der Waals surface area contributed by atoms with E-state index in [-0.39, 0.29) is 4.92 Å². The highest BCUT2D eigenvalue weighted by Crippen LogP contribution is 2.16. The summed E-state index contributed by atoms with van der Waals surface area (Å²) in [5, 5.41) is 21.1. The normalized spacial score (nSPS) is 13.7. The number of rotatable bonds is 17. The molecular weight excluding hydrogens is 294 g/mol. The van der Waals surface area contributed by atoms with E-state index in [1.807, 2.05) is 6.29 Å². The molecule has 0 aliphatic rings. The standard InChI is InChI=1S/C18H34NO4/c1-2-3-4-12-15-18(21)17(19(22)23)14-11-9-7-5-6-8-10-13-16-20/h17-18,21H,2-15H2,1H3. The van der Waals surface area contributed by atoms with Gasteiger partial charge in [0.1, 0.15) is 6.10 Å². The second-order valence-corrected chi connectivity index (χ2v) is 6.43. The largest absolute Gasteiger partial charge is 0.386 e. The summed E-state index contributed by atoms with van der Waals surface area (Å²) in [4.78, 5) is 20.9. The zero-order valence-corrected chi connectivity index (χ0v) is 14.7. The fraction of sp³-hybridized carbons (Fsp3) is 0.944. The van der Waals surface area contributed by atoms with Gasteiger partial charge in [0.2, 0.25) is 6.04 Å². The van der Waals surface area contributed by atoms with Gasteiger partial charge in [0.15, 0.2) is 6.29 Å². The van der Waals surface area contributed by atoms with Gasteiger partial charge >= 0.3 is 0 Å². The molecular formula is C18H34NO4. The highest BCUT2D eigenvalue weighted by atomic mass is 16.6. The molecule has 2 unspecified atom stereocenters. The van der Waals surface area contributed by atoms with Crippen molar-refractivity contribution in [2.24, 2.45) is 0 Å². The second kappa shape index (κ2) is 15.9. The first-order valence-corrected chi connectivity index (χ1v) is 9.30. The van der Waals surface area contributed by atoms with E-state index in [0.29, 0.717) is 19.3 Å². The Bertz CT molecular complexity index is 297. The van der Waals surface area contributed by atoms with Gasteiger partial charge < -0.3 is 5.11 Å². The zero-order chi connectivity index (χ0) is 17.3. The summed E-state index contributed by atoms with van der Waals surface area (Å²) in [6.07, 6.45) is 13.9. The van der Waals surface area contributed by atoms with Crippen LogP contribution in [0.1, 0.15) is 96.8 Å². The molecule has 0 saturated heterocycles. The van der Waals surface area contributed by atoms with Gasteiger partial charge in [0.05, 0.1) is 0 Å². The van der Waals surface area contributed by atoms with Gasteiger partial charge in [-0.2, -0.15) is 0 Å². The van der Waals surface area contributed by atoms with E-state index in [1.165, 1.54) is 0 Å². The Morgan fingerprint density at radius 3 is 2.00 bits per heavy atom. The first-order chi connectivity index (χ1) is 11.1. The first-order valence-electron chi connectivity index (χ1n) is 9.30. The Labute approximate surface area is 141 Å². The predicted octanol–water partition coefficient (Wildman–Crippen LogP) is 4.58. The molecule has 0 aliphatic heterocycles. The first kappa shape index (κ1) is 22.0. The van der Waals surface area contributed by atoms with Crippen LogP contribution in [0, 0.1) is 10.1 Å². The van der Waals surface area contributed by atoms with E-state index in [2.05, 4.69) is 6.92 Å². The van der Waals surface area contributed by atoms with E-state index in [1.54, 1.807) is 0 Å². The lowest BCUT2D eigenvalue weighted by Crippen LogP contribution is -2.33. The third-order valence-electron chi connectivity index (χ3n) is 4.35. The zero-order valence-electron chi connectivity index (χ0n) is 14.7. The van der Waals surface area contributed by atoms with Crippen molar-refractivity contribution in [1.82, 2.24) is 0 Å². The maximum absolute atomic E-state index is 11.1. The van der Waals surface area contributed by atoms with Gasteiger partial charge in [-0.25, -0.2) is 0 Å². The highest BCUT2D eigenvalue weighted by molar-refractivity contribution is 5.50. The molecule has 1 radical (unpaired) electrons. The lowest BCUT2D eigenvalue weighted by Gasteiger charge is -2.16. The fourth-order valence-corrected chi connectivity index (χ4v) is 2.85. The molecule has 0 aromatic rings. The van der Waals surface area contributed by atoms with Gasteiger partial charge in [-0.1, -0.05) is 64.7 Å². The number of hydrogen-bond donors (Lipinski definition) is 1. The Balaban J connectivity index is 3.71. The molecule has 0 spiro atoms. The molecule has 23 heavy (non-hydrogen) atoms. The van der Waals surface area contributed by atoms with Crippen LogP contribution in [0.4, 0.5) is 0 Å². The lowest BCUT2D eigenvalue weighted by atomic mass is 9.98. The van der Waals surface area contributed by atoms with E-state index in [0.717, 1.165) is 70.6 Å². The van der Waals surface area contributed by atoms with Crippen molar-refractivity contribution in [2.45, 2.75) is 109 Å². The summed E-state index contributed by atoms with van der Waals surface area (Å²) in [7, 11) is 0. The van der Waals surface area contributed by atoms with Crippen molar-refractivity contribution in [2.75, 3.05) is 0 Å². The van der Waals surface area contributed by atoms with Crippen molar-refractivity contribution in [1.29, 1.82) is 0 Å². The van der Waals surface area contributed by atoms with E-state index in [4.69, 9.17) is 0 Å². The van der Waals surface area contributed by atoms with Gasteiger partial charge in [0.25, 0.3) is 0 Å². The van der Waals surface area contributed by atoms with Gasteiger partial charge in [0, 0.05) is 17.8 Å². The average molecular weight is 328 g/mol. The molecule has 1 N–H and O–H groups in total. The van der Waals surface area contributed by atoms with Crippen molar-refractivity contribution in [3.05, 3.63) is 10.1 Å². The minimum absolute atomic E-state index is 0.305. The lowest BCUT2D eigenvalue weighted by molar-refractivity contribution is -0.535. The summed E-state index contributed by atoms with van der Waals surface area (Å²) in [6, 6.07) is -0.806. The summed E-state index contributed by atoms with van der Waals surface area (Å²) in [5.41, 5.74) is 0. The van der Waals surface area contributed by atoms with Crippen LogP contribution < -0.4 is 0 Å². The van der Waals surface area contributed by atoms with Gasteiger partial charge in [-0.05, 0) is 19.3 Å². The third kappa shape index (κ3) is 13.2. The molecule has 0 fully saturated rings. The molecule has 0 rings (SSSR count). The maximum atomic E-state index is 11.1.